The number of sulfonamides is 1. The van der Waals surface area contributed by atoms with Gasteiger partial charge >= 0.3 is 0 Å². The smallest absolute Gasteiger partial charge is 0.243 e. The fraction of sp³-hybridized carbons (Fsp3) is 0.588. The summed E-state index contributed by atoms with van der Waals surface area (Å²) in [5, 5.41) is 6.86. The van der Waals surface area contributed by atoms with Crippen molar-refractivity contribution < 1.29 is 8.42 Å². The fourth-order valence-electron chi connectivity index (χ4n) is 2.50. The van der Waals surface area contributed by atoms with Crippen LogP contribution in [0.25, 0.3) is 0 Å². The van der Waals surface area contributed by atoms with Gasteiger partial charge in [0.1, 0.15) is 0 Å². The lowest BCUT2D eigenvalue weighted by molar-refractivity contribution is 0.445. The van der Waals surface area contributed by atoms with E-state index in [-0.39, 0.29) is 10.9 Å². The summed E-state index contributed by atoms with van der Waals surface area (Å²) >= 11 is 5.34. The average Bonchev–Trinajstić information content (AvgIpc) is 2.50. The summed E-state index contributed by atoms with van der Waals surface area (Å²) < 4.78 is 26.8. The molecule has 5 nitrogen and oxygen atoms in total. The zero-order valence-corrected chi connectivity index (χ0v) is 16.9. The summed E-state index contributed by atoms with van der Waals surface area (Å²) in [6.07, 6.45) is 2.10. The largest absolute Gasteiger partial charge is 0.360 e. The van der Waals surface area contributed by atoms with Gasteiger partial charge in [0, 0.05) is 24.8 Å². The first-order valence-corrected chi connectivity index (χ1v) is 10.3. The van der Waals surface area contributed by atoms with E-state index in [2.05, 4.69) is 24.5 Å². The second-order valence-corrected chi connectivity index (χ2v) is 8.20. The summed E-state index contributed by atoms with van der Waals surface area (Å²) in [5.74, 6) is 0. The van der Waals surface area contributed by atoms with Crippen LogP contribution in [0.1, 0.15) is 46.1 Å². The SMILES string of the molecule is CCC[C@@H](C)NC(=S)Nc1cc(S(=O)(=O)N(CC)CC)ccc1C. The lowest BCUT2D eigenvalue weighted by atomic mass is 10.2. The third-order valence-corrected chi connectivity index (χ3v) is 6.17. The molecule has 1 aromatic carbocycles. The van der Waals surface area contributed by atoms with E-state index in [0.29, 0.717) is 23.9 Å². The van der Waals surface area contributed by atoms with Crippen molar-refractivity contribution in [1.82, 2.24) is 9.62 Å². The molecule has 136 valence electrons. The number of nitrogens with zero attached hydrogens (tertiary/aromatic N) is 1. The molecule has 0 saturated heterocycles. The zero-order valence-electron chi connectivity index (χ0n) is 15.2. The van der Waals surface area contributed by atoms with Gasteiger partial charge in [-0.1, -0.05) is 33.3 Å². The first-order valence-electron chi connectivity index (χ1n) is 8.44. The molecule has 0 radical (unpaired) electrons. The minimum Gasteiger partial charge on any atom is -0.360 e. The van der Waals surface area contributed by atoms with Crippen LogP contribution < -0.4 is 10.6 Å². The van der Waals surface area contributed by atoms with Gasteiger partial charge in [-0.05, 0) is 50.2 Å². The molecular weight excluding hydrogens is 342 g/mol. The van der Waals surface area contributed by atoms with Gasteiger partial charge < -0.3 is 10.6 Å². The predicted molar refractivity (Wildman–Crippen MR) is 105 cm³/mol. The van der Waals surface area contributed by atoms with Gasteiger partial charge in [-0.2, -0.15) is 4.31 Å². The first-order chi connectivity index (χ1) is 11.3. The van der Waals surface area contributed by atoms with Gasteiger partial charge in [0.2, 0.25) is 10.0 Å². The van der Waals surface area contributed by atoms with E-state index < -0.39 is 10.0 Å². The molecule has 0 aliphatic carbocycles. The van der Waals surface area contributed by atoms with Gasteiger partial charge in [-0.3, -0.25) is 0 Å². The number of rotatable bonds is 8. The van der Waals surface area contributed by atoms with Crippen LogP contribution in [-0.2, 0) is 10.0 Å². The van der Waals surface area contributed by atoms with Crippen molar-refractivity contribution in [2.75, 3.05) is 18.4 Å². The molecule has 24 heavy (non-hydrogen) atoms. The first kappa shape index (κ1) is 20.9. The Morgan fingerprint density at radius 1 is 1.25 bits per heavy atom. The maximum atomic E-state index is 12.7. The Hall–Kier alpha value is -1.18. The third-order valence-electron chi connectivity index (χ3n) is 3.90. The molecule has 1 rings (SSSR count). The molecule has 0 aliphatic heterocycles. The number of hydrogen-bond donors (Lipinski definition) is 2. The van der Waals surface area contributed by atoms with Crippen molar-refractivity contribution in [2.24, 2.45) is 0 Å². The van der Waals surface area contributed by atoms with E-state index in [0.717, 1.165) is 18.4 Å². The number of thiocarbonyl (C=S) groups is 1. The van der Waals surface area contributed by atoms with E-state index in [9.17, 15) is 8.42 Å². The van der Waals surface area contributed by atoms with E-state index in [1.807, 2.05) is 20.8 Å². The summed E-state index contributed by atoms with van der Waals surface area (Å²) in [4.78, 5) is 0.281. The monoisotopic (exact) mass is 371 g/mol. The highest BCUT2D eigenvalue weighted by Gasteiger charge is 2.22. The Labute approximate surface area is 151 Å². The Morgan fingerprint density at radius 3 is 2.42 bits per heavy atom. The highest BCUT2D eigenvalue weighted by Crippen LogP contribution is 2.23. The number of hydrogen-bond acceptors (Lipinski definition) is 3. The van der Waals surface area contributed by atoms with Crippen molar-refractivity contribution in [3.05, 3.63) is 23.8 Å². The number of benzene rings is 1. The minimum absolute atomic E-state index is 0.276. The van der Waals surface area contributed by atoms with Gasteiger partial charge in [-0.25, -0.2) is 8.42 Å². The molecule has 2 N–H and O–H groups in total. The Morgan fingerprint density at radius 2 is 1.88 bits per heavy atom. The molecule has 0 aromatic heterocycles. The zero-order chi connectivity index (χ0) is 18.3. The molecule has 0 unspecified atom stereocenters. The predicted octanol–water partition coefficient (Wildman–Crippen LogP) is 3.50. The molecule has 0 heterocycles. The van der Waals surface area contributed by atoms with E-state index in [1.54, 1.807) is 18.2 Å². The molecule has 0 spiro atoms. The van der Waals surface area contributed by atoms with Crippen molar-refractivity contribution in [3.63, 3.8) is 0 Å². The van der Waals surface area contributed by atoms with Crippen molar-refractivity contribution in [2.45, 2.75) is 58.4 Å². The lowest BCUT2D eigenvalue weighted by Crippen LogP contribution is -2.36. The van der Waals surface area contributed by atoms with E-state index >= 15 is 0 Å². The van der Waals surface area contributed by atoms with Gasteiger partial charge in [0.15, 0.2) is 5.11 Å². The Balaban J connectivity index is 3.00. The van der Waals surface area contributed by atoms with Crippen molar-refractivity contribution in [1.29, 1.82) is 0 Å². The second kappa shape index (κ2) is 9.34. The Kier molecular flexibility index (Phi) is 8.12. The van der Waals surface area contributed by atoms with Crippen LogP contribution in [0.3, 0.4) is 0 Å². The lowest BCUT2D eigenvalue weighted by Gasteiger charge is -2.20. The molecule has 0 aliphatic rings. The highest BCUT2D eigenvalue weighted by molar-refractivity contribution is 7.89. The van der Waals surface area contributed by atoms with Gasteiger partial charge in [0.05, 0.1) is 4.90 Å². The second-order valence-electron chi connectivity index (χ2n) is 5.85. The third kappa shape index (κ3) is 5.43. The molecule has 0 fully saturated rings. The molecule has 0 amide bonds. The normalized spacial score (nSPS) is 12.9. The molecule has 1 atom stereocenters. The number of aryl methyl sites for hydroxylation is 1. The highest BCUT2D eigenvalue weighted by atomic mass is 32.2. The van der Waals surface area contributed by atoms with Crippen LogP contribution >= 0.6 is 12.2 Å². The molecule has 0 saturated carbocycles. The summed E-state index contributed by atoms with van der Waals surface area (Å²) in [5.41, 5.74) is 1.66. The number of anilines is 1. The summed E-state index contributed by atoms with van der Waals surface area (Å²) in [6.45, 7) is 10.7. The molecule has 1 aromatic rings. The van der Waals surface area contributed by atoms with Crippen LogP contribution in [0.4, 0.5) is 5.69 Å². The number of nitrogens with one attached hydrogen (secondary N) is 2. The van der Waals surface area contributed by atoms with Crippen molar-refractivity contribution in [3.8, 4) is 0 Å². The quantitative estimate of drug-likeness (QED) is 0.685. The topological polar surface area (TPSA) is 61.4 Å². The molecule has 0 bridgehead atoms. The van der Waals surface area contributed by atoms with Gasteiger partial charge in [-0.15, -0.1) is 0 Å². The van der Waals surface area contributed by atoms with E-state index in [1.165, 1.54) is 4.31 Å². The van der Waals surface area contributed by atoms with Crippen LogP contribution in [0.15, 0.2) is 23.1 Å². The minimum atomic E-state index is -3.48. The average molecular weight is 372 g/mol. The van der Waals surface area contributed by atoms with Crippen LogP contribution in [-0.4, -0.2) is 37.0 Å². The summed E-state index contributed by atoms with van der Waals surface area (Å²) in [7, 11) is -3.48. The van der Waals surface area contributed by atoms with Gasteiger partial charge in [0.25, 0.3) is 0 Å². The maximum absolute atomic E-state index is 12.7. The standard InChI is InChI=1S/C17H29N3O2S2/c1-6-9-14(5)18-17(23)19-16-12-15(11-10-13(16)4)24(21,22)20(7-2)8-3/h10-12,14H,6-9H2,1-5H3,(H2,18,19,23)/t14-/m1/s1. The fourth-order valence-corrected chi connectivity index (χ4v) is 4.29. The summed E-state index contributed by atoms with van der Waals surface area (Å²) in [6, 6.07) is 5.38. The maximum Gasteiger partial charge on any atom is 0.243 e. The van der Waals surface area contributed by atoms with Crippen LogP contribution in [0, 0.1) is 6.92 Å². The van der Waals surface area contributed by atoms with Crippen LogP contribution in [0.2, 0.25) is 0 Å². The van der Waals surface area contributed by atoms with Crippen LogP contribution in [0.5, 0.6) is 0 Å². The molecule has 7 heteroatoms. The Bertz CT molecular complexity index is 656. The van der Waals surface area contributed by atoms with Crippen molar-refractivity contribution >= 4 is 33.0 Å². The molecular formula is C17H29N3O2S2. The van der Waals surface area contributed by atoms with E-state index in [4.69, 9.17) is 12.2 Å².